The predicted molar refractivity (Wildman–Crippen MR) is 66.8 cm³/mol. The molecule has 0 fully saturated rings. The second-order valence-electron chi connectivity index (χ2n) is 3.35. The zero-order valence-electron chi connectivity index (χ0n) is 8.48. The van der Waals surface area contributed by atoms with E-state index in [1.54, 1.807) is 42.5 Å². The van der Waals surface area contributed by atoms with Crippen molar-refractivity contribution in [1.82, 2.24) is 0 Å². The Balaban J connectivity index is 2.20. The second-order valence-corrected chi connectivity index (χ2v) is 3.78. The van der Waals surface area contributed by atoms with Gasteiger partial charge in [-0.25, -0.2) is 0 Å². The van der Waals surface area contributed by atoms with Crippen LogP contribution in [0.15, 0.2) is 42.5 Å². The summed E-state index contributed by atoms with van der Waals surface area (Å²) in [5.41, 5.74) is 12.3. The normalized spacial score (nSPS) is 10.1. The van der Waals surface area contributed by atoms with Crippen molar-refractivity contribution in [2.75, 3.05) is 11.5 Å². The first-order chi connectivity index (χ1) is 7.65. The summed E-state index contributed by atoms with van der Waals surface area (Å²) < 4.78 is 5.57. The first-order valence-electron chi connectivity index (χ1n) is 4.73. The number of hydrogen-bond donors (Lipinski definition) is 2. The Morgan fingerprint density at radius 1 is 0.812 bits per heavy atom. The van der Waals surface area contributed by atoms with E-state index in [0.29, 0.717) is 27.9 Å². The molecule has 2 aromatic rings. The highest BCUT2D eigenvalue weighted by Crippen LogP contribution is 2.27. The van der Waals surface area contributed by atoms with Gasteiger partial charge in [-0.1, -0.05) is 11.6 Å². The van der Waals surface area contributed by atoms with Crippen LogP contribution in [0, 0.1) is 0 Å². The number of hydrogen-bond acceptors (Lipinski definition) is 3. The molecule has 0 spiro atoms. The van der Waals surface area contributed by atoms with Crippen molar-refractivity contribution in [1.29, 1.82) is 0 Å². The third-order valence-corrected chi connectivity index (χ3v) is 2.36. The van der Waals surface area contributed by atoms with Crippen molar-refractivity contribution in [3.05, 3.63) is 47.5 Å². The first kappa shape index (κ1) is 10.6. The fourth-order valence-corrected chi connectivity index (χ4v) is 1.38. The van der Waals surface area contributed by atoms with Gasteiger partial charge >= 0.3 is 0 Å². The van der Waals surface area contributed by atoms with Crippen molar-refractivity contribution in [2.24, 2.45) is 0 Å². The number of ether oxygens (including phenoxy) is 1. The van der Waals surface area contributed by atoms with Gasteiger partial charge in [0.2, 0.25) is 0 Å². The minimum absolute atomic E-state index is 0.506. The van der Waals surface area contributed by atoms with Crippen LogP contribution >= 0.6 is 11.6 Å². The van der Waals surface area contributed by atoms with Crippen LogP contribution in [-0.4, -0.2) is 0 Å². The Kier molecular flexibility index (Phi) is 2.88. The van der Waals surface area contributed by atoms with Crippen LogP contribution in [0.3, 0.4) is 0 Å². The Labute approximate surface area is 98.6 Å². The Morgan fingerprint density at radius 3 is 2.06 bits per heavy atom. The van der Waals surface area contributed by atoms with E-state index in [1.165, 1.54) is 0 Å². The van der Waals surface area contributed by atoms with Gasteiger partial charge in [0, 0.05) is 11.1 Å². The molecule has 2 aromatic carbocycles. The van der Waals surface area contributed by atoms with E-state index >= 15 is 0 Å². The summed E-state index contributed by atoms with van der Waals surface area (Å²) in [6, 6.07) is 12.3. The molecule has 3 nitrogen and oxygen atoms in total. The maximum Gasteiger partial charge on any atom is 0.129 e. The predicted octanol–water partition coefficient (Wildman–Crippen LogP) is 3.30. The molecule has 0 unspecified atom stereocenters. The lowest BCUT2D eigenvalue weighted by Gasteiger charge is -2.07. The standard InChI is InChI=1S/C12H11ClN2O/c13-8-1-3-9(4-2-8)16-10-5-6-11(14)12(15)7-10/h1-7H,14-15H2. The molecule has 16 heavy (non-hydrogen) atoms. The van der Waals surface area contributed by atoms with Crippen molar-refractivity contribution in [2.45, 2.75) is 0 Å². The lowest BCUT2D eigenvalue weighted by Crippen LogP contribution is -1.94. The number of nitrogen functional groups attached to an aromatic ring is 2. The molecule has 4 N–H and O–H groups in total. The van der Waals surface area contributed by atoms with Gasteiger partial charge in [0.05, 0.1) is 11.4 Å². The van der Waals surface area contributed by atoms with E-state index in [1.807, 2.05) is 0 Å². The highest BCUT2D eigenvalue weighted by Gasteiger charge is 2.00. The molecule has 4 heteroatoms. The Bertz CT molecular complexity index is 497. The van der Waals surface area contributed by atoms with Gasteiger partial charge in [0.1, 0.15) is 11.5 Å². The average Bonchev–Trinajstić information content (AvgIpc) is 2.27. The summed E-state index contributed by atoms with van der Waals surface area (Å²) in [5, 5.41) is 0.671. The molecule has 2 rings (SSSR count). The number of benzene rings is 2. The third-order valence-electron chi connectivity index (χ3n) is 2.11. The molecule has 0 aromatic heterocycles. The maximum absolute atomic E-state index is 5.77. The first-order valence-corrected chi connectivity index (χ1v) is 5.11. The smallest absolute Gasteiger partial charge is 0.129 e. The number of rotatable bonds is 2. The van der Waals surface area contributed by atoms with Gasteiger partial charge in [-0.2, -0.15) is 0 Å². The minimum Gasteiger partial charge on any atom is -0.457 e. The fraction of sp³-hybridized carbons (Fsp3) is 0. The minimum atomic E-state index is 0.506. The highest BCUT2D eigenvalue weighted by atomic mass is 35.5. The number of halogens is 1. The zero-order chi connectivity index (χ0) is 11.5. The molecule has 0 aliphatic carbocycles. The lowest BCUT2D eigenvalue weighted by atomic mass is 10.2. The second kappa shape index (κ2) is 4.33. The summed E-state index contributed by atoms with van der Waals surface area (Å²) in [6.45, 7) is 0. The van der Waals surface area contributed by atoms with Crippen molar-refractivity contribution in [3.8, 4) is 11.5 Å². The molecule has 0 heterocycles. The molecule has 0 bridgehead atoms. The molecule has 0 amide bonds. The molecule has 82 valence electrons. The molecule has 0 saturated heterocycles. The van der Waals surface area contributed by atoms with Crippen LogP contribution < -0.4 is 16.2 Å². The SMILES string of the molecule is Nc1ccc(Oc2ccc(Cl)cc2)cc1N. The molecule has 0 radical (unpaired) electrons. The van der Waals surface area contributed by atoms with Gasteiger partial charge in [-0.05, 0) is 36.4 Å². The quantitative estimate of drug-likeness (QED) is 0.784. The summed E-state index contributed by atoms with van der Waals surface area (Å²) in [6.07, 6.45) is 0. The van der Waals surface area contributed by atoms with Crippen LogP contribution in [-0.2, 0) is 0 Å². The lowest BCUT2D eigenvalue weighted by molar-refractivity contribution is 0.483. The van der Waals surface area contributed by atoms with E-state index in [-0.39, 0.29) is 0 Å². The summed E-state index contributed by atoms with van der Waals surface area (Å²) in [5.74, 6) is 1.35. The summed E-state index contributed by atoms with van der Waals surface area (Å²) >= 11 is 5.77. The molecular weight excluding hydrogens is 224 g/mol. The molecule has 0 saturated carbocycles. The van der Waals surface area contributed by atoms with Crippen LogP contribution in [0.4, 0.5) is 11.4 Å². The molecule has 0 aliphatic heterocycles. The van der Waals surface area contributed by atoms with Gasteiger partial charge in [-0.15, -0.1) is 0 Å². The van der Waals surface area contributed by atoms with Crippen LogP contribution in [0.2, 0.25) is 5.02 Å². The van der Waals surface area contributed by atoms with Crippen molar-refractivity contribution < 1.29 is 4.74 Å². The average molecular weight is 235 g/mol. The van der Waals surface area contributed by atoms with Crippen molar-refractivity contribution >= 4 is 23.0 Å². The van der Waals surface area contributed by atoms with E-state index in [2.05, 4.69) is 0 Å². The maximum atomic E-state index is 5.77. The Morgan fingerprint density at radius 2 is 1.44 bits per heavy atom. The monoisotopic (exact) mass is 234 g/mol. The largest absolute Gasteiger partial charge is 0.457 e. The third kappa shape index (κ3) is 2.38. The van der Waals surface area contributed by atoms with E-state index in [4.69, 9.17) is 27.8 Å². The van der Waals surface area contributed by atoms with Crippen LogP contribution in [0.1, 0.15) is 0 Å². The summed E-state index contributed by atoms with van der Waals surface area (Å²) in [7, 11) is 0. The Hall–Kier alpha value is -1.87. The number of anilines is 2. The van der Waals surface area contributed by atoms with E-state index < -0.39 is 0 Å². The fourth-order valence-electron chi connectivity index (χ4n) is 1.26. The topological polar surface area (TPSA) is 61.3 Å². The van der Waals surface area contributed by atoms with Gasteiger partial charge in [-0.3, -0.25) is 0 Å². The van der Waals surface area contributed by atoms with Crippen LogP contribution in [0.5, 0.6) is 11.5 Å². The number of nitrogens with two attached hydrogens (primary N) is 2. The van der Waals surface area contributed by atoms with Gasteiger partial charge < -0.3 is 16.2 Å². The van der Waals surface area contributed by atoms with Crippen molar-refractivity contribution in [3.63, 3.8) is 0 Å². The highest BCUT2D eigenvalue weighted by molar-refractivity contribution is 6.30. The summed E-state index contributed by atoms with van der Waals surface area (Å²) in [4.78, 5) is 0. The molecular formula is C12H11ClN2O. The van der Waals surface area contributed by atoms with E-state index in [9.17, 15) is 0 Å². The van der Waals surface area contributed by atoms with E-state index in [0.717, 1.165) is 0 Å². The van der Waals surface area contributed by atoms with Gasteiger partial charge in [0.25, 0.3) is 0 Å². The molecule has 0 atom stereocenters. The molecule has 0 aliphatic rings. The zero-order valence-corrected chi connectivity index (χ0v) is 9.24. The van der Waals surface area contributed by atoms with Crippen LogP contribution in [0.25, 0.3) is 0 Å². The van der Waals surface area contributed by atoms with Gasteiger partial charge in [0.15, 0.2) is 0 Å².